The van der Waals surface area contributed by atoms with Gasteiger partial charge >= 0.3 is 0 Å². The highest BCUT2D eigenvalue weighted by molar-refractivity contribution is 6.08. The van der Waals surface area contributed by atoms with Gasteiger partial charge in [0.15, 0.2) is 5.75 Å². The first kappa shape index (κ1) is 9.03. The van der Waals surface area contributed by atoms with Crippen LogP contribution in [-0.2, 0) is 0 Å². The third-order valence-corrected chi connectivity index (χ3v) is 2.84. The molecule has 3 rings (SSSR count). The Morgan fingerprint density at radius 3 is 2.88 bits per heavy atom. The van der Waals surface area contributed by atoms with Crippen LogP contribution in [0.25, 0.3) is 21.8 Å². The molecule has 0 radical (unpaired) electrons. The van der Waals surface area contributed by atoms with Crippen molar-refractivity contribution in [2.45, 2.75) is 6.92 Å². The van der Waals surface area contributed by atoms with Crippen molar-refractivity contribution in [3.63, 3.8) is 0 Å². The summed E-state index contributed by atoms with van der Waals surface area (Å²) in [4.78, 5) is 17.6. The van der Waals surface area contributed by atoms with E-state index >= 15 is 0 Å². The van der Waals surface area contributed by atoms with Crippen molar-refractivity contribution in [1.82, 2.24) is 9.97 Å². The van der Waals surface area contributed by atoms with Crippen LogP contribution in [0, 0.1) is 6.92 Å². The van der Waals surface area contributed by atoms with E-state index in [9.17, 15) is 9.90 Å². The summed E-state index contributed by atoms with van der Waals surface area (Å²) in [6.07, 6.45) is 1.84. The van der Waals surface area contributed by atoms with Crippen LogP contribution < -0.4 is 5.43 Å². The van der Waals surface area contributed by atoms with Crippen molar-refractivity contribution >= 4 is 21.8 Å². The van der Waals surface area contributed by atoms with Gasteiger partial charge in [0.25, 0.3) is 0 Å². The van der Waals surface area contributed by atoms with Crippen LogP contribution in [0.5, 0.6) is 5.75 Å². The SMILES string of the molecule is Cc1[nH]ccc2c1[nH]c1cc(=O)c(O)cc12. The number of aryl methyl sites for hydroxylation is 1. The number of nitrogens with one attached hydrogen (secondary N) is 2. The average Bonchev–Trinajstić information content (AvgIpc) is 2.59. The van der Waals surface area contributed by atoms with Crippen molar-refractivity contribution in [3.8, 4) is 5.75 Å². The summed E-state index contributed by atoms with van der Waals surface area (Å²) >= 11 is 0. The molecule has 0 unspecified atom stereocenters. The molecule has 1 aromatic carbocycles. The van der Waals surface area contributed by atoms with Crippen LogP contribution >= 0.6 is 0 Å². The van der Waals surface area contributed by atoms with Gasteiger partial charge in [-0.25, -0.2) is 0 Å². The molecule has 2 heterocycles. The molecule has 16 heavy (non-hydrogen) atoms. The lowest BCUT2D eigenvalue weighted by atomic mass is 10.1. The minimum Gasteiger partial charge on any atom is -0.504 e. The Balaban J connectivity index is 2.61. The molecular formula is C12H10N2O2. The molecule has 0 aliphatic rings. The topological polar surface area (TPSA) is 68.9 Å². The Kier molecular flexibility index (Phi) is 1.63. The van der Waals surface area contributed by atoms with Gasteiger partial charge in [0.1, 0.15) is 0 Å². The minimum absolute atomic E-state index is 0.209. The maximum absolute atomic E-state index is 11.3. The summed E-state index contributed by atoms with van der Waals surface area (Å²) < 4.78 is 0. The van der Waals surface area contributed by atoms with Crippen LogP contribution in [0.2, 0.25) is 0 Å². The zero-order chi connectivity index (χ0) is 11.3. The van der Waals surface area contributed by atoms with E-state index in [0.29, 0.717) is 0 Å². The van der Waals surface area contributed by atoms with Crippen LogP contribution in [0.3, 0.4) is 0 Å². The number of pyridine rings is 1. The van der Waals surface area contributed by atoms with Crippen molar-refractivity contribution < 1.29 is 5.11 Å². The molecule has 0 saturated carbocycles. The fourth-order valence-electron chi connectivity index (χ4n) is 2.02. The van der Waals surface area contributed by atoms with Gasteiger partial charge < -0.3 is 15.1 Å². The Morgan fingerprint density at radius 1 is 1.25 bits per heavy atom. The second kappa shape index (κ2) is 2.88. The first-order chi connectivity index (χ1) is 7.66. The van der Waals surface area contributed by atoms with Gasteiger partial charge in [-0.15, -0.1) is 0 Å². The summed E-state index contributed by atoms with van der Waals surface area (Å²) in [5, 5.41) is 11.3. The van der Waals surface area contributed by atoms with Gasteiger partial charge in [-0.2, -0.15) is 0 Å². The van der Waals surface area contributed by atoms with Gasteiger partial charge in [0.2, 0.25) is 5.43 Å². The van der Waals surface area contributed by atoms with E-state index in [2.05, 4.69) is 9.97 Å². The Morgan fingerprint density at radius 2 is 2.06 bits per heavy atom. The predicted molar refractivity (Wildman–Crippen MR) is 62.8 cm³/mol. The first-order valence-electron chi connectivity index (χ1n) is 4.99. The van der Waals surface area contributed by atoms with E-state index in [1.165, 1.54) is 12.1 Å². The molecule has 3 N–H and O–H groups in total. The Labute approximate surface area is 90.5 Å². The number of hydrogen-bond donors (Lipinski definition) is 3. The lowest BCUT2D eigenvalue weighted by molar-refractivity contribution is 0.471. The predicted octanol–water partition coefficient (Wildman–Crippen LogP) is 2.02. The normalized spacial score (nSPS) is 11.3. The summed E-state index contributed by atoms with van der Waals surface area (Å²) in [6, 6.07) is 4.85. The van der Waals surface area contributed by atoms with Gasteiger partial charge in [0, 0.05) is 28.7 Å². The average molecular weight is 214 g/mol. The molecule has 0 atom stereocenters. The van der Waals surface area contributed by atoms with Crippen LogP contribution in [0.15, 0.2) is 29.2 Å². The van der Waals surface area contributed by atoms with Crippen molar-refractivity contribution in [1.29, 1.82) is 0 Å². The number of phenolic OH excluding ortho intramolecular Hbond substituents is 1. The third kappa shape index (κ3) is 1.07. The summed E-state index contributed by atoms with van der Waals surface area (Å²) in [5.41, 5.74) is 2.35. The van der Waals surface area contributed by atoms with E-state index in [-0.39, 0.29) is 11.2 Å². The second-order valence-corrected chi connectivity index (χ2v) is 3.88. The molecule has 0 saturated heterocycles. The third-order valence-electron chi connectivity index (χ3n) is 2.84. The Hall–Kier alpha value is -2.23. The fourth-order valence-corrected chi connectivity index (χ4v) is 2.02. The number of benzene rings is 1. The largest absolute Gasteiger partial charge is 0.504 e. The Bertz CT molecular complexity index is 753. The maximum Gasteiger partial charge on any atom is 0.222 e. The number of H-pyrrole nitrogens is 2. The van der Waals surface area contributed by atoms with Gasteiger partial charge in [0.05, 0.1) is 11.0 Å². The smallest absolute Gasteiger partial charge is 0.222 e. The molecule has 3 aromatic rings. The molecule has 0 spiro atoms. The van der Waals surface area contributed by atoms with Gasteiger partial charge in [-0.1, -0.05) is 0 Å². The zero-order valence-electron chi connectivity index (χ0n) is 8.66. The molecular weight excluding hydrogens is 204 g/mol. The molecule has 0 aliphatic heterocycles. The summed E-state index contributed by atoms with van der Waals surface area (Å²) in [5.74, 6) is -0.209. The highest BCUT2D eigenvalue weighted by Gasteiger charge is 2.08. The highest BCUT2D eigenvalue weighted by atomic mass is 16.3. The van der Waals surface area contributed by atoms with Crippen molar-refractivity contribution in [3.05, 3.63) is 40.3 Å². The molecule has 4 heteroatoms. The molecule has 0 bridgehead atoms. The lowest BCUT2D eigenvalue weighted by Gasteiger charge is -1.95. The molecule has 2 aromatic heterocycles. The number of aromatic nitrogens is 2. The van der Waals surface area contributed by atoms with E-state index in [0.717, 1.165) is 27.5 Å². The number of rotatable bonds is 0. The first-order valence-corrected chi connectivity index (χ1v) is 4.99. The van der Waals surface area contributed by atoms with E-state index < -0.39 is 0 Å². The summed E-state index contributed by atoms with van der Waals surface area (Å²) in [7, 11) is 0. The van der Waals surface area contributed by atoms with Crippen LogP contribution in [0.4, 0.5) is 0 Å². The minimum atomic E-state index is -0.360. The zero-order valence-corrected chi connectivity index (χ0v) is 8.66. The molecule has 0 fully saturated rings. The maximum atomic E-state index is 11.3. The number of fused-ring (bicyclic) bond motifs is 3. The quantitative estimate of drug-likeness (QED) is 0.536. The number of aromatic hydroxyl groups is 1. The van der Waals surface area contributed by atoms with Crippen molar-refractivity contribution in [2.75, 3.05) is 0 Å². The molecule has 0 aliphatic carbocycles. The summed E-state index contributed by atoms with van der Waals surface area (Å²) in [6.45, 7) is 1.95. The second-order valence-electron chi connectivity index (χ2n) is 3.88. The number of hydrogen-bond acceptors (Lipinski definition) is 2. The fraction of sp³-hybridized carbons (Fsp3) is 0.0833. The standard InChI is InChI=1S/C12H10N2O2/c1-6-12-7(2-3-13-6)8-4-10(15)11(16)5-9(8)14-12/h2-5,13-15H,1H3. The van der Waals surface area contributed by atoms with Gasteiger partial charge in [-0.05, 0) is 19.1 Å². The van der Waals surface area contributed by atoms with Gasteiger partial charge in [-0.3, -0.25) is 4.79 Å². The molecule has 0 amide bonds. The van der Waals surface area contributed by atoms with E-state index in [1.807, 2.05) is 19.2 Å². The molecule has 80 valence electrons. The van der Waals surface area contributed by atoms with Crippen LogP contribution in [0.1, 0.15) is 5.69 Å². The van der Waals surface area contributed by atoms with Crippen molar-refractivity contribution in [2.24, 2.45) is 0 Å². The van der Waals surface area contributed by atoms with E-state index in [4.69, 9.17) is 0 Å². The number of phenols is 1. The highest BCUT2D eigenvalue weighted by Crippen LogP contribution is 2.27. The molecule has 4 nitrogen and oxygen atoms in total. The lowest BCUT2D eigenvalue weighted by Crippen LogP contribution is -1.96. The van der Waals surface area contributed by atoms with E-state index in [1.54, 1.807) is 0 Å². The number of aromatic amines is 2. The van der Waals surface area contributed by atoms with Crippen LogP contribution in [-0.4, -0.2) is 15.1 Å². The monoisotopic (exact) mass is 214 g/mol.